The maximum Gasteiger partial charge on any atom is 1.00 e. The SMILES string of the molecule is Cc1cccc(N2C(=O)/C(=C/c3ccc(S(=O)(=O)[O-])cc3)SC2=S)c1.[Na+]. The molecule has 0 saturated carbocycles. The molecule has 26 heavy (non-hydrogen) atoms. The van der Waals surface area contributed by atoms with E-state index >= 15 is 0 Å². The maximum absolute atomic E-state index is 12.7. The van der Waals surface area contributed by atoms with Crippen molar-refractivity contribution < 1.29 is 47.3 Å². The van der Waals surface area contributed by atoms with Crippen molar-refractivity contribution in [3.63, 3.8) is 0 Å². The van der Waals surface area contributed by atoms with Gasteiger partial charge >= 0.3 is 29.6 Å². The summed E-state index contributed by atoms with van der Waals surface area (Å²) in [6, 6.07) is 12.9. The summed E-state index contributed by atoms with van der Waals surface area (Å²) in [4.78, 5) is 14.3. The van der Waals surface area contributed by atoms with Crippen molar-refractivity contribution in [3.05, 3.63) is 64.6 Å². The van der Waals surface area contributed by atoms with Gasteiger partial charge in [-0.1, -0.05) is 48.2 Å². The standard InChI is InChI=1S/C17H13NO4S3.Na/c1-11-3-2-4-13(9-11)18-16(19)15(24-17(18)23)10-12-5-7-14(8-6-12)25(20,21)22;/h2-10H,1H3,(H,20,21,22);/q;+1/p-1/b15-10-;. The van der Waals surface area contributed by atoms with Gasteiger partial charge in [0.25, 0.3) is 5.91 Å². The molecular formula is C17H12NNaO4S3. The van der Waals surface area contributed by atoms with Crippen LogP contribution in [0, 0.1) is 6.92 Å². The average Bonchev–Trinajstić information content (AvgIpc) is 2.81. The third kappa shape index (κ3) is 4.64. The van der Waals surface area contributed by atoms with Gasteiger partial charge in [0.05, 0.1) is 15.5 Å². The fourth-order valence-electron chi connectivity index (χ4n) is 2.34. The quantitative estimate of drug-likeness (QED) is 0.312. The first-order valence-electron chi connectivity index (χ1n) is 7.16. The number of carbonyl (C=O) groups excluding carboxylic acids is 1. The van der Waals surface area contributed by atoms with Gasteiger partial charge in [-0.2, -0.15) is 0 Å². The van der Waals surface area contributed by atoms with Gasteiger partial charge in [-0.05, 0) is 48.4 Å². The minimum absolute atomic E-state index is 0. The van der Waals surface area contributed by atoms with Crippen LogP contribution in [0.1, 0.15) is 11.1 Å². The number of amides is 1. The summed E-state index contributed by atoms with van der Waals surface area (Å²) in [5.74, 6) is -0.235. The largest absolute Gasteiger partial charge is 1.00 e. The first-order valence-corrected chi connectivity index (χ1v) is 9.79. The van der Waals surface area contributed by atoms with Gasteiger partial charge in [0, 0.05) is 0 Å². The molecule has 2 aromatic rings. The Balaban J connectivity index is 0.00000243. The van der Waals surface area contributed by atoms with Crippen molar-refractivity contribution in [2.75, 3.05) is 4.90 Å². The molecule has 1 saturated heterocycles. The predicted molar refractivity (Wildman–Crippen MR) is 101 cm³/mol. The predicted octanol–water partition coefficient (Wildman–Crippen LogP) is 0.309. The van der Waals surface area contributed by atoms with E-state index in [1.54, 1.807) is 6.08 Å². The summed E-state index contributed by atoms with van der Waals surface area (Å²) < 4.78 is 33.3. The van der Waals surface area contributed by atoms with Crippen LogP contribution in [0.15, 0.2) is 58.3 Å². The minimum Gasteiger partial charge on any atom is -0.744 e. The monoisotopic (exact) mass is 413 g/mol. The Morgan fingerprint density at radius 1 is 1.15 bits per heavy atom. The zero-order valence-corrected chi connectivity index (χ0v) is 18.5. The number of aryl methyl sites for hydroxylation is 1. The van der Waals surface area contributed by atoms with E-state index in [4.69, 9.17) is 12.2 Å². The van der Waals surface area contributed by atoms with E-state index in [0.29, 0.717) is 20.5 Å². The fourth-order valence-corrected chi connectivity index (χ4v) is 4.11. The van der Waals surface area contributed by atoms with Gasteiger partial charge in [0.1, 0.15) is 10.1 Å². The van der Waals surface area contributed by atoms with Crippen LogP contribution in [0.3, 0.4) is 0 Å². The summed E-state index contributed by atoms with van der Waals surface area (Å²) in [6.45, 7) is 1.93. The van der Waals surface area contributed by atoms with Crippen molar-refractivity contribution >= 4 is 56.1 Å². The molecule has 0 aromatic heterocycles. The maximum atomic E-state index is 12.7. The molecule has 5 nitrogen and oxygen atoms in total. The second-order valence-electron chi connectivity index (χ2n) is 5.38. The third-order valence-corrected chi connectivity index (χ3v) is 5.67. The van der Waals surface area contributed by atoms with Crippen LogP contribution >= 0.6 is 24.0 Å². The van der Waals surface area contributed by atoms with E-state index < -0.39 is 10.1 Å². The van der Waals surface area contributed by atoms with E-state index in [1.807, 2.05) is 31.2 Å². The Morgan fingerprint density at radius 3 is 2.38 bits per heavy atom. The molecule has 128 valence electrons. The molecule has 1 aliphatic heterocycles. The van der Waals surface area contributed by atoms with Crippen LogP contribution in [0.2, 0.25) is 0 Å². The van der Waals surface area contributed by atoms with E-state index in [9.17, 15) is 17.8 Å². The van der Waals surface area contributed by atoms with Crippen molar-refractivity contribution in [1.82, 2.24) is 0 Å². The van der Waals surface area contributed by atoms with Gasteiger partial charge in [-0.25, -0.2) is 8.42 Å². The zero-order chi connectivity index (χ0) is 18.2. The van der Waals surface area contributed by atoms with Crippen LogP contribution in [-0.4, -0.2) is 23.2 Å². The molecule has 0 aliphatic carbocycles. The van der Waals surface area contributed by atoms with Gasteiger partial charge in [0.15, 0.2) is 4.32 Å². The number of nitrogens with zero attached hydrogens (tertiary/aromatic N) is 1. The van der Waals surface area contributed by atoms with Crippen molar-refractivity contribution in [1.29, 1.82) is 0 Å². The fraction of sp³-hybridized carbons (Fsp3) is 0.0588. The molecular weight excluding hydrogens is 401 g/mol. The van der Waals surface area contributed by atoms with E-state index in [-0.39, 0.29) is 40.4 Å². The van der Waals surface area contributed by atoms with Crippen molar-refractivity contribution in [3.8, 4) is 0 Å². The average molecular weight is 413 g/mol. The first-order chi connectivity index (χ1) is 11.8. The molecule has 1 amide bonds. The van der Waals surface area contributed by atoms with E-state index in [1.165, 1.54) is 40.9 Å². The van der Waals surface area contributed by atoms with Crippen LogP contribution in [-0.2, 0) is 14.9 Å². The Morgan fingerprint density at radius 2 is 1.81 bits per heavy atom. The number of thiocarbonyl (C=S) groups is 1. The van der Waals surface area contributed by atoms with Crippen LogP contribution in [0.4, 0.5) is 5.69 Å². The van der Waals surface area contributed by atoms with Crippen LogP contribution < -0.4 is 34.5 Å². The van der Waals surface area contributed by atoms with Crippen LogP contribution in [0.5, 0.6) is 0 Å². The molecule has 0 spiro atoms. The summed E-state index contributed by atoms with van der Waals surface area (Å²) in [6.07, 6.45) is 1.62. The minimum atomic E-state index is -4.49. The van der Waals surface area contributed by atoms with Crippen molar-refractivity contribution in [2.24, 2.45) is 0 Å². The van der Waals surface area contributed by atoms with Gasteiger partial charge in [-0.15, -0.1) is 0 Å². The van der Waals surface area contributed by atoms with Crippen molar-refractivity contribution in [2.45, 2.75) is 11.8 Å². The number of anilines is 1. The molecule has 1 aliphatic rings. The molecule has 0 N–H and O–H groups in total. The second kappa shape index (κ2) is 8.35. The molecule has 0 atom stereocenters. The summed E-state index contributed by atoms with van der Waals surface area (Å²) in [5.41, 5.74) is 2.33. The van der Waals surface area contributed by atoms with Gasteiger partial charge < -0.3 is 4.55 Å². The normalized spacial score (nSPS) is 16.1. The number of carbonyl (C=O) groups is 1. The number of hydrogen-bond acceptors (Lipinski definition) is 6. The number of thioether (sulfide) groups is 1. The molecule has 2 aromatic carbocycles. The molecule has 9 heteroatoms. The Kier molecular flexibility index (Phi) is 6.84. The van der Waals surface area contributed by atoms with Gasteiger partial charge in [0.2, 0.25) is 0 Å². The summed E-state index contributed by atoms with van der Waals surface area (Å²) >= 11 is 6.49. The molecule has 0 radical (unpaired) electrons. The number of rotatable bonds is 3. The Labute approximate surface area is 183 Å². The van der Waals surface area contributed by atoms with E-state index in [2.05, 4.69) is 0 Å². The van der Waals surface area contributed by atoms with E-state index in [0.717, 1.165) is 5.56 Å². The Bertz CT molecular complexity index is 1000. The Hall–Kier alpha value is -1.000. The summed E-state index contributed by atoms with van der Waals surface area (Å²) in [7, 11) is -4.49. The molecule has 3 rings (SSSR count). The number of hydrogen-bond donors (Lipinski definition) is 0. The smallest absolute Gasteiger partial charge is 0.744 e. The topological polar surface area (TPSA) is 77.5 Å². The molecule has 0 bridgehead atoms. The van der Waals surface area contributed by atoms with Crippen LogP contribution in [0.25, 0.3) is 6.08 Å². The zero-order valence-electron chi connectivity index (χ0n) is 14.0. The summed E-state index contributed by atoms with van der Waals surface area (Å²) in [5, 5.41) is 0. The molecule has 1 heterocycles. The molecule has 0 unspecified atom stereocenters. The second-order valence-corrected chi connectivity index (χ2v) is 8.43. The first kappa shape index (κ1) is 21.3. The van der Waals surface area contributed by atoms with Gasteiger partial charge in [-0.3, -0.25) is 9.69 Å². The number of benzene rings is 2. The molecule has 1 fully saturated rings. The third-order valence-electron chi connectivity index (χ3n) is 3.52.